The summed E-state index contributed by atoms with van der Waals surface area (Å²) in [5.41, 5.74) is 4.72. The lowest BCUT2D eigenvalue weighted by Gasteiger charge is -2.17. The predicted molar refractivity (Wildman–Crippen MR) is 130 cm³/mol. The summed E-state index contributed by atoms with van der Waals surface area (Å²) >= 11 is 6.51. The van der Waals surface area contributed by atoms with E-state index in [1.807, 2.05) is 61.5 Å². The summed E-state index contributed by atoms with van der Waals surface area (Å²) in [6.45, 7) is 2.91. The summed E-state index contributed by atoms with van der Waals surface area (Å²) in [4.78, 5) is 14.7. The molecule has 1 amide bonds. The van der Waals surface area contributed by atoms with Gasteiger partial charge in [0.25, 0.3) is 5.91 Å². The molecule has 166 valence electrons. The molecule has 5 nitrogen and oxygen atoms in total. The number of methoxy groups -OCH3 is 1. The highest BCUT2D eigenvalue weighted by Crippen LogP contribution is 2.38. The minimum absolute atomic E-state index is 0.0263. The molecule has 0 bridgehead atoms. The van der Waals surface area contributed by atoms with Crippen molar-refractivity contribution in [1.82, 2.24) is 0 Å². The Bertz CT molecular complexity index is 1280. The third-order valence-corrected chi connectivity index (χ3v) is 5.96. The van der Waals surface area contributed by atoms with Crippen molar-refractivity contribution < 1.29 is 14.3 Å². The second kappa shape index (κ2) is 9.81. The zero-order chi connectivity index (χ0) is 23.4. The van der Waals surface area contributed by atoms with Crippen LogP contribution >= 0.6 is 11.6 Å². The molecule has 1 heterocycles. The first-order valence-electron chi connectivity index (χ1n) is 10.6. The van der Waals surface area contributed by atoms with Gasteiger partial charge in [-0.05, 0) is 59.9 Å². The van der Waals surface area contributed by atoms with Gasteiger partial charge in [0, 0.05) is 12.2 Å². The molecule has 0 N–H and O–H groups in total. The number of hydrogen-bond acceptors (Lipinski definition) is 4. The third-order valence-electron chi connectivity index (χ3n) is 5.68. The summed E-state index contributed by atoms with van der Waals surface area (Å²) in [6.07, 6.45) is 2.30. The molecule has 0 saturated heterocycles. The van der Waals surface area contributed by atoms with Gasteiger partial charge in [-0.25, -0.2) is 0 Å². The van der Waals surface area contributed by atoms with Crippen molar-refractivity contribution >= 4 is 29.3 Å². The van der Waals surface area contributed by atoms with Crippen molar-refractivity contribution in [3.63, 3.8) is 0 Å². The number of nitrogens with zero attached hydrogens (tertiary/aromatic N) is 2. The highest BCUT2D eigenvalue weighted by atomic mass is 35.5. The van der Waals surface area contributed by atoms with Gasteiger partial charge in [-0.15, -0.1) is 0 Å². The van der Waals surface area contributed by atoms with E-state index in [0.717, 1.165) is 28.8 Å². The van der Waals surface area contributed by atoms with Gasteiger partial charge in [-0.1, -0.05) is 54.1 Å². The molecule has 3 aromatic rings. The number of fused-ring (bicyclic) bond motifs is 1. The highest BCUT2D eigenvalue weighted by molar-refractivity contribution is 6.32. The van der Waals surface area contributed by atoms with Gasteiger partial charge in [0.2, 0.25) is 0 Å². The Morgan fingerprint density at radius 1 is 1.18 bits per heavy atom. The SMILES string of the molecule is COc1cc(/C=C(\C#N)C(=O)N2CCc3ccccc32)cc(Cl)c1OCc1ccccc1C. The maximum Gasteiger partial charge on any atom is 0.268 e. The van der Waals surface area contributed by atoms with E-state index in [9.17, 15) is 10.1 Å². The fourth-order valence-electron chi connectivity index (χ4n) is 3.89. The van der Waals surface area contributed by atoms with E-state index < -0.39 is 0 Å². The number of amides is 1. The van der Waals surface area contributed by atoms with E-state index in [1.54, 1.807) is 17.0 Å². The summed E-state index contributed by atoms with van der Waals surface area (Å²) in [5.74, 6) is 0.508. The van der Waals surface area contributed by atoms with E-state index in [1.165, 1.54) is 13.2 Å². The summed E-state index contributed by atoms with van der Waals surface area (Å²) in [6, 6.07) is 21.1. The van der Waals surface area contributed by atoms with Gasteiger partial charge >= 0.3 is 0 Å². The van der Waals surface area contributed by atoms with Crippen LogP contribution in [0.3, 0.4) is 0 Å². The number of carbonyl (C=O) groups is 1. The molecule has 1 aliphatic heterocycles. The molecule has 0 fully saturated rings. The van der Waals surface area contributed by atoms with Gasteiger partial charge < -0.3 is 14.4 Å². The molecule has 6 heteroatoms. The van der Waals surface area contributed by atoms with Crippen LogP contribution in [-0.2, 0) is 17.8 Å². The minimum Gasteiger partial charge on any atom is -0.493 e. The van der Waals surface area contributed by atoms with Crippen LogP contribution in [0.15, 0.2) is 66.2 Å². The Morgan fingerprint density at radius 3 is 2.70 bits per heavy atom. The highest BCUT2D eigenvalue weighted by Gasteiger charge is 2.26. The Morgan fingerprint density at radius 2 is 1.94 bits per heavy atom. The van der Waals surface area contributed by atoms with Crippen molar-refractivity contribution in [3.05, 3.63) is 93.5 Å². The van der Waals surface area contributed by atoms with E-state index in [2.05, 4.69) is 0 Å². The largest absolute Gasteiger partial charge is 0.493 e. The van der Waals surface area contributed by atoms with Gasteiger partial charge in [-0.2, -0.15) is 5.26 Å². The first-order valence-corrected chi connectivity index (χ1v) is 11.0. The van der Waals surface area contributed by atoms with Crippen molar-refractivity contribution in [2.45, 2.75) is 20.0 Å². The van der Waals surface area contributed by atoms with Crippen molar-refractivity contribution in [3.8, 4) is 17.6 Å². The number of nitriles is 1. The zero-order valence-corrected chi connectivity index (χ0v) is 19.2. The molecular formula is C27H23ClN2O3. The summed E-state index contributed by atoms with van der Waals surface area (Å²) < 4.78 is 11.5. The molecule has 4 rings (SSSR count). The van der Waals surface area contributed by atoms with Gasteiger partial charge in [0.1, 0.15) is 18.2 Å². The maximum absolute atomic E-state index is 13.1. The van der Waals surface area contributed by atoms with Crippen LogP contribution in [-0.4, -0.2) is 19.6 Å². The number of ether oxygens (including phenoxy) is 2. The van der Waals surface area contributed by atoms with E-state index in [-0.39, 0.29) is 11.5 Å². The van der Waals surface area contributed by atoms with Gasteiger partial charge in [0.15, 0.2) is 11.5 Å². The minimum atomic E-state index is -0.336. The standard InChI is InChI=1S/C27H23ClN2O3/c1-18-7-3-4-9-21(18)17-33-26-23(28)14-19(15-25(26)32-2)13-22(16-29)27(31)30-12-11-20-8-5-6-10-24(20)30/h3-10,13-15H,11-12,17H2,1-2H3/b22-13+. The molecule has 3 aromatic carbocycles. The Hall–Kier alpha value is -3.75. The fraction of sp³-hybridized carbons (Fsp3) is 0.185. The Kier molecular flexibility index (Phi) is 6.67. The molecule has 0 spiro atoms. The number of hydrogen-bond donors (Lipinski definition) is 0. The number of aryl methyl sites for hydroxylation is 1. The third kappa shape index (κ3) is 4.72. The number of carbonyl (C=O) groups excluding carboxylic acids is 1. The molecule has 0 aliphatic carbocycles. The number of halogens is 1. The monoisotopic (exact) mass is 458 g/mol. The Labute approximate surface area is 198 Å². The normalized spacial score (nSPS) is 12.8. The van der Waals surface area contributed by atoms with E-state index >= 15 is 0 Å². The second-order valence-corrected chi connectivity index (χ2v) is 8.16. The van der Waals surface area contributed by atoms with Crippen LogP contribution in [0.1, 0.15) is 22.3 Å². The van der Waals surface area contributed by atoms with Crippen LogP contribution in [0.4, 0.5) is 5.69 Å². The Balaban J connectivity index is 1.59. The van der Waals surface area contributed by atoms with Gasteiger partial charge in [-0.3, -0.25) is 4.79 Å². The maximum atomic E-state index is 13.1. The quantitative estimate of drug-likeness (QED) is 0.349. The van der Waals surface area contributed by atoms with Crippen LogP contribution in [0.5, 0.6) is 11.5 Å². The molecule has 0 aromatic heterocycles. The summed E-state index contributed by atoms with van der Waals surface area (Å²) in [7, 11) is 1.53. The lowest BCUT2D eigenvalue weighted by atomic mass is 10.1. The van der Waals surface area contributed by atoms with E-state index in [4.69, 9.17) is 21.1 Å². The molecule has 33 heavy (non-hydrogen) atoms. The first-order chi connectivity index (χ1) is 16.0. The number of benzene rings is 3. The number of rotatable bonds is 6. The molecule has 0 radical (unpaired) electrons. The molecule has 0 unspecified atom stereocenters. The van der Waals surface area contributed by atoms with E-state index in [0.29, 0.717) is 35.2 Å². The smallest absolute Gasteiger partial charge is 0.268 e. The average molecular weight is 459 g/mol. The molecule has 1 aliphatic rings. The van der Waals surface area contributed by atoms with Crippen molar-refractivity contribution in [1.29, 1.82) is 5.26 Å². The molecular weight excluding hydrogens is 436 g/mol. The topological polar surface area (TPSA) is 62.6 Å². The van der Waals surface area contributed by atoms with Crippen LogP contribution in [0.25, 0.3) is 6.08 Å². The number of anilines is 1. The summed E-state index contributed by atoms with van der Waals surface area (Å²) in [5, 5.41) is 10.0. The first kappa shape index (κ1) is 22.4. The lowest BCUT2D eigenvalue weighted by molar-refractivity contribution is -0.114. The van der Waals surface area contributed by atoms with Crippen molar-refractivity contribution in [2.24, 2.45) is 0 Å². The van der Waals surface area contributed by atoms with Crippen LogP contribution in [0, 0.1) is 18.3 Å². The zero-order valence-electron chi connectivity index (χ0n) is 18.5. The average Bonchev–Trinajstić information content (AvgIpc) is 3.26. The predicted octanol–water partition coefficient (Wildman–Crippen LogP) is 5.73. The van der Waals surface area contributed by atoms with Crippen molar-refractivity contribution in [2.75, 3.05) is 18.6 Å². The second-order valence-electron chi connectivity index (χ2n) is 7.75. The molecule has 0 saturated carbocycles. The van der Waals surface area contributed by atoms with Gasteiger partial charge in [0.05, 0.1) is 12.1 Å². The molecule has 0 atom stereocenters. The van der Waals surface area contributed by atoms with Crippen LogP contribution in [0.2, 0.25) is 5.02 Å². The lowest BCUT2D eigenvalue weighted by Crippen LogP contribution is -2.29. The number of para-hydroxylation sites is 1. The van der Waals surface area contributed by atoms with Crippen LogP contribution < -0.4 is 14.4 Å². The fourth-order valence-corrected chi connectivity index (χ4v) is 4.16.